The van der Waals surface area contributed by atoms with Crippen LogP contribution < -0.4 is 16.0 Å². The van der Waals surface area contributed by atoms with Gasteiger partial charge in [0.2, 0.25) is 0 Å². The average molecular weight is 366 g/mol. The highest BCUT2D eigenvalue weighted by Gasteiger charge is 2.34. The number of amides is 2. The highest BCUT2D eigenvalue weighted by Crippen LogP contribution is 2.33. The summed E-state index contributed by atoms with van der Waals surface area (Å²) < 4.78 is 26.1. The Morgan fingerprint density at radius 1 is 1.28 bits per heavy atom. The number of fused-ring (bicyclic) bond motifs is 2. The predicted molar refractivity (Wildman–Crippen MR) is 94.2 cm³/mol. The monoisotopic (exact) mass is 366 g/mol. The molecular formula is C17H20F2N4OS. The van der Waals surface area contributed by atoms with Gasteiger partial charge in [-0.25, -0.2) is 18.6 Å². The molecule has 2 aromatic rings. The van der Waals surface area contributed by atoms with Crippen LogP contribution in [-0.2, 0) is 0 Å². The molecule has 2 heterocycles. The van der Waals surface area contributed by atoms with Crippen molar-refractivity contribution in [1.29, 1.82) is 0 Å². The van der Waals surface area contributed by atoms with E-state index in [1.165, 1.54) is 0 Å². The Morgan fingerprint density at radius 3 is 2.96 bits per heavy atom. The summed E-state index contributed by atoms with van der Waals surface area (Å²) in [6.07, 6.45) is 0.585. The maximum absolute atomic E-state index is 12.7. The zero-order valence-electron chi connectivity index (χ0n) is 13.6. The van der Waals surface area contributed by atoms with E-state index >= 15 is 0 Å². The topological polar surface area (TPSA) is 66.0 Å². The second-order valence-electron chi connectivity index (χ2n) is 6.82. The number of urea groups is 1. The van der Waals surface area contributed by atoms with Crippen molar-refractivity contribution < 1.29 is 13.6 Å². The summed E-state index contributed by atoms with van der Waals surface area (Å²) in [6.45, 7) is 2.14. The number of halogens is 2. The highest BCUT2D eigenvalue weighted by molar-refractivity contribution is 7.18. The molecule has 1 saturated carbocycles. The van der Waals surface area contributed by atoms with Crippen LogP contribution in [0.25, 0.3) is 10.2 Å². The Labute approximate surface area is 148 Å². The standard InChI is InChI=1S/C17H20F2N4OS/c18-15(19)16-23-13-4-3-12(6-14(13)25-16)22-17(24)21-11-2-1-9-7-20-8-10(9)5-11/h3-4,6,9-11,15,20H,1-2,5,7-8H2,(H2,21,22,24). The van der Waals surface area contributed by atoms with Crippen LogP contribution in [0.5, 0.6) is 0 Å². The fourth-order valence-corrected chi connectivity index (χ4v) is 4.76. The summed E-state index contributed by atoms with van der Waals surface area (Å²) >= 11 is 0.953. The number of hydrogen-bond donors (Lipinski definition) is 3. The first-order chi connectivity index (χ1) is 12.1. The minimum absolute atomic E-state index is 0.193. The largest absolute Gasteiger partial charge is 0.335 e. The number of benzene rings is 1. The number of hydrogen-bond acceptors (Lipinski definition) is 4. The van der Waals surface area contributed by atoms with E-state index in [0.717, 1.165) is 49.6 Å². The fourth-order valence-electron chi connectivity index (χ4n) is 3.90. The van der Waals surface area contributed by atoms with Crippen LogP contribution in [-0.4, -0.2) is 30.1 Å². The highest BCUT2D eigenvalue weighted by atomic mass is 32.1. The van der Waals surface area contributed by atoms with E-state index in [1.807, 2.05) is 0 Å². The van der Waals surface area contributed by atoms with Crippen LogP contribution in [0.2, 0.25) is 0 Å². The predicted octanol–water partition coefficient (Wildman–Crippen LogP) is 3.74. The van der Waals surface area contributed by atoms with E-state index in [1.54, 1.807) is 18.2 Å². The lowest BCUT2D eigenvalue weighted by molar-refractivity contribution is 0.151. The van der Waals surface area contributed by atoms with Gasteiger partial charge in [0.15, 0.2) is 5.01 Å². The Balaban J connectivity index is 1.38. The van der Waals surface area contributed by atoms with Crippen molar-refractivity contribution in [2.24, 2.45) is 11.8 Å². The molecule has 5 nitrogen and oxygen atoms in total. The molecule has 3 N–H and O–H groups in total. The minimum Gasteiger partial charge on any atom is -0.335 e. The maximum Gasteiger partial charge on any atom is 0.319 e. The van der Waals surface area contributed by atoms with Gasteiger partial charge in [0, 0.05) is 11.7 Å². The molecule has 1 aliphatic heterocycles. The summed E-state index contributed by atoms with van der Waals surface area (Å²) in [7, 11) is 0. The molecule has 1 aliphatic carbocycles. The summed E-state index contributed by atoms with van der Waals surface area (Å²) in [5, 5.41) is 9.07. The summed E-state index contributed by atoms with van der Waals surface area (Å²) in [4.78, 5) is 16.1. The molecule has 1 saturated heterocycles. The molecule has 1 aromatic carbocycles. The average Bonchev–Trinajstić information content (AvgIpc) is 3.20. The van der Waals surface area contributed by atoms with Crippen molar-refractivity contribution in [1.82, 2.24) is 15.6 Å². The van der Waals surface area contributed by atoms with E-state index < -0.39 is 6.43 Å². The molecule has 4 rings (SSSR count). The van der Waals surface area contributed by atoms with Crippen LogP contribution in [0.15, 0.2) is 18.2 Å². The summed E-state index contributed by atoms with van der Waals surface area (Å²) in [5.74, 6) is 1.40. The van der Waals surface area contributed by atoms with Gasteiger partial charge in [-0.3, -0.25) is 0 Å². The summed E-state index contributed by atoms with van der Waals surface area (Å²) in [5.41, 5.74) is 1.11. The Morgan fingerprint density at radius 2 is 2.12 bits per heavy atom. The Bertz CT molecular complexity index is 781. The van der Waals surface area contributed by atoms with E-state index in [-0.39, 0.29) is 17.1 Å². The molecule has 25 heavy (non-hydrogen) atoms. The van der Waals surface area contributed by atoms with Crippen molar-refractivity contribution in [3.8, 4) is 0 Å². The van der Waals surface area contributed by atoms with Crippen LogP contribution in [0.3, 0.4) is 0 Å². The molecule has 2 fully saturated rings. The number of rotatable bonds is 3. The molecule has 3 atom stereocenters. The van der Waals surface area contributed by atoms with Gasteiger partial charge < -0.3 is 16.0 Å². The molecule has 134 valence electrons. The lowest BCUT2D eigenvalue weighted by atomic mass is 9.79. The van der Waals surface area contributed by atoms with Gasteiger partial charge in [-0.2, -0.15) is 0 Å². The van der Waals surface area contributed by atoms with Gasteiger partial charge >= 0.3 is 6.03 Å². The maximum atomic E-state index is 12.7. The Kier molecular flexibility index (Phi) is 4.56. The third-order valence-electron chi connectivity index (χ3n) is 5.14. The smallest absolute Gasteiger partial charge is 0.319 e. The van der Waals surface area contributed by atoms with Crippen molar-refractivity contribution in [2.45, 2.75) is 31.7 Å². The van der Waals surface area contributed by atoms with Gasteiger partial charge in [0.1, 0.15) is 0 Å². The second-order valence-corrected chi connectivity index (χ2v) is 7.88. The van der Waals surface area contributed by atoms with E-state index in [4.69, 9.17) is 0 Å². The van der Waals surface area contributed by atoms with Crippen molar-refractivity contribution in [2.75, 3.05) is 18.4 Å². The van der Waals surface area contributed by atoms with Crippen molar-refractivity contribution in [3.63, 3.8) is 0 Å². The molecule has 0 radical (unpaired) electrons. The zero-order chi connectivity index (χ0) is 17.4. The van der Waals surface area contributed by atoms with E-state index in [0.29, 0.717) is 21.8 Å². The molecular weight excluding hydrogens is 346 g/mol. The number of aromatic nitrogens is 1. The molecule has 3 unspecified atom stereocenters. The van der Waals surface area contributed by atoms with Crippen LogP contribution in [0, 0.1) is 11.8 Å². The van der Waals surface area contributed by atoms with Crippen molar-refractivity contribution >= 4 is 33.3 Å². The molecule has 0 bridgehead atoms. The molecule has 2 aliphatic rings. The molecule has 1 aromatic heterocycles. The minimum atomic E-state index is -2.57. The first kappa shape index (κ1) is 16.7. The van der Waals surface area contributed by atoms with Gasteiger partial charge in [-0.15, -0.1) is 11.3 Å². The zero-order valence-corrected chi connectivity index (χ0v) is 14.4. The van der Waals surface area contributed by atoms with E-state index in [2.05, 4.69) is 20.9 Å². The second kappa shape index (κ2) is 6.84. The van der Waals surface area contributed by atoms with Crippen LogP contribution >= 0.6 is 11.3 Å². The van der Waals surface area contributed by atoms with Crippen LogP contribution in [0.4, 0.5) is 19.3 Å². The molecule has 8 heteroatoms. The number of anilines is 1. The number of thiazole rings is 1. The van der Waals surface area contributed by atoms with Crippen molar-refractivity contribution in [3.05, 3.63) is 23.2 Å². The summed E-state index contributed by atoms with van der Waals surface area (Å²) in [6, 6.07) is 4.99. The molecule has 2 amide bonds. The lowest BCUT2D eigenvalue weighted by Gasteiger charge is -2.31. The van der Waals surface area contributed by atoms with Gasteiger partial charge in [-0.05, 0) is 62.4 Å². The third-order valence-corrected chi connectivity index (χ3v) is 6.16. The number of nitrogens with zero attached hydrogens (tertiary/aromatic N) is 1. The number of carbonyl (C=O) groups is 1. The first-order valence-corrected chi connectivity index (χ1v) is 9.37. The van der Waals surface area contributed by atoms with Gasteiger partial charge in [-0.1, -0.05) is 0 Å². The van der Waals surface area contributed by atoms with Crippen LogP contribution in [0.1, 0.15) is 30.7 Å². The number of nitrogens with one attached hydrogen (secondary N) is 3. The van der Waals surface area contributed by atoms with Gasteiger partial charge in [0.25, 0.3) is 6.43 Å². The number of carbonyl (C=O) groups excluding carboxylic acids is 1. The lowest BCUT2D eigenvalue weighted by Crippen LogP contribution is -2.42. The van der Waals surface area contributed by atoms with E-state index in [9.17, 15) is 13.6 Å². The fraction of sp³-hybridized carbons (Fsp3) is 0.529. The number of alkyl halides is 2. The third kappa shape index (κ3) is 3.59. The molecule has 0 spiro atoms. The Hall–Kier alpha value is -1.80. The quantitative estimate of drug-likeness (QED) is 0.775. The SMILES string of the molecule is O=C(Nc1ccc2nc(C(F)F)sc2c1)NC1CCC2CNCC2C1. The first-order valence-electron chi connectivity index (χ1n) is 8.55. The normalized spacial score (nSPS) is 26.0. The van der Waals surface area contributed by atoms with Gasteiger partial charge in [0.05, 0.1) is 10.2 Å².